The molecule has 18 heavy (non-hydrogen) atoms. The van der Waals surface area contributed by atoms with Gasteiger partial charge >= 0.3 is 0 Å². The van der Waals surface area contributed by atoms with Crippen LogP contribution in [0.5, 0.6) is 0 Å². The molecular formula is C15H20N2O. The second-order valence-corrected chi connectivity index (χ2v) is 5.59. The molecule has 1 aromatic rings. The predicted molar refractivity (Wildman–Crippen MR) is 71.7 cm³/mol. The summed E-state index contributed by atoms with van der Waals surface area (Å²) in [5, 5.41) is 3.39. The summed E-state index contributed by atoms with van der Waals surface area (Å²) in [4.78, 5) is 14.7. The number of rotatable bonds is 1. The van der Waals surface area contributed by atoms with Gasteiger partial charge in [-0.15, -0.1) is 0 Å². The first-order valence-electron chi connectivity index (χ1n) is 6.76. The highest BCUT2D eigenvalue weighted by molar-refractivity contribution is 5.96. The van der Waals surface area contributed by atoms with Crippen molar-refractivity contribution >= 4 is 5.91 Å². The molecule has 2 heterocycles. The standard InChI is InChI=1S/C15H20N2O/c1-10-3-4-13(11(2)7-10)15(18)17-6-5-12-8-16-9-14(12)17/h3-4,7,12,14,16H,5-6,8-9H2,1-2H3/t12-,14+/m1/s1. The van der Waals surface area contributed by atoms with E-state index in [-0.39, 0.29) is 5.91 Å². The number of fused-ring (bicyclic) bond motifs is 1. The van der Waals surface area contributed by atoms with Gasteiger partial charge in [-0.1, -0.05) is 17.7 Å². The highest BCUT2D eigenvalue weighted by Gasteiger charge is 2.40. The molecule has 0 saturated carbocycles. The highest BCUT2D eigenvalue weighted by atomic mass is 16.2. The van der Waals surface area contributed by atoms with E-state index in [1.165, 1.54) is 5.56 Å². The molecule has 3 rings (SSSR count). The van der Waals surface area contributed by atoms with Crippen LogP contribution >= 0.6 is 0 Å². The van der Waals surface area contributed by atoms with Gasteiger partial charge in [0.25, 0.3) is 5.91 Å². The second kappa shape index (κ2) is 4.39. The van der Waals surface area contributed by atoms with Crippen molar-refractivity contribution in [2.24, 2.45) is 5.92 Å². The molecule has 3 heteroatoms. The summed E-state index contributed by atoms with van der Waals surface area (Å²) in [5.41, 5.74) is 3.17. The summed E-state index contributed by atoms with van der Waals surface area (Å²) < 4.78 is 0. The van der Waals surface area contributed by atoms with E-state index in [1.54, 1.807) is 0 Å². The molecule has 0 unspecified atom stereocenters. The lowest BCUT2D eigenvalue weighted by molar-refractivity contribution is 0.0736. The zero-order chi connectivity index (χ0) is 12.7. The number of likely N-dealkylation sites (tertiary alicyclic amines) is 1. The molecular weight excluding hydrogens is 224 g/mol. The van der Waals surface area contributed by atoms with Crippen molar-refractivity contribution in [2.75, 3.05) is 19.6 Å². The summed E-state index contributed by atoms with van der Waals surface area (Å²) >= 11 is 0. The van der Waals surface area contributed by atoms with Crippen LogP contribution in [0.4, 0.5) is 0 Å². The Hall–Kier alpha value is -1.35. The fourth-order valence-corrected chi connectivity index (χ4v) is 3.31. The van der Waals surface area contributed by atoms with Crippen LogP contribution in [-0.2, 0) is 0 Å². The normalized spacial score (nSPS) is 26.4. The van der Waals surface area contributed by atoms with Gasteiger partial charge in [-0.25, -0.2) is 0 Å². The van der Waals surface area contributed by atoms with Gasteiger partial charge < -0.3 is 10.2 Å². The maximum absolute atomic E-state index is 12.6. The van der Waals surface area contributed by atoms with Crippen molar-refractivity contribution in [2.45, 2.75) is 26.3 Å². The van der Waals surface area contributed by atoms with Crippen LogP contribution in [0.1, 0.15) is 27.9 Å². The monoisotopic (exact) mass is 244 g/mol. The van der Waals surface area contributed by atoms with E-state index < -0.39 is 0 Å². The smallest absolute Gasteiger partial charge is 0.254 e. The molecule has 0 radical (unpaired) electrons. The number of nitrogens with zero attached hydrogens (tertiary/aromatic N) is 1. The van der Waals surface area contributed by atoms with Crippen LogP contribution in [0, 0.1) is 19.8 Å². The Labute approximate surface area is 108 Å². The van der Waals surface area contributed by atoms with Gasteiger partial charge in [-0.05, 0) is 37.8 Å². The third kappa shape index (κ3) is 1.83. The van der Waals surface area contributed by atoms with Gasteiger partial charge in [0.1, 0.15) is 0 Å². The molecule has 3 nitrogen and oxygen atoms in total. The third-order valence-corrected chi connectivity index (χ3v) is 4.32. The number of nitrogens with one attached hydrogen (secondary N) is 1. The van der Waals surface area contributed by atoms with Gasteiger partial charge in [-0.2, -0.15) is 0 Å². The van der Waals surface area contributed by atoms with E-state index in [2.05, 4.69) is 23.2 Å². The summed E-state index contributed by atoms with van der Waals surface area (Å²) in [6.45, 7) is 7.04. The number of benzene rings is 1. The Morgan fingerprint density at radius 3 is 2.94 bits per heavy atom. The topological polar surface area (TPSA) is 32.3 Å². The Morgan fingerprint density at radius 1 is 1.33 bits per heavy atom. The van der Waals surface area contributed by atoms with E-state index in [1.807, 2.05) is 19.1 Å². The maximum Gasteiger partial charge on any atom is 0.254 e. The molecule has 96 valence electrons. The van der Waals surface area contributed by atoms with Gasteiger partial charge in [0.15, 0.2) is 0 Å². The minimum absolute atomic E-state index is 0.212. The van der Waals surface area contributed by atoms with Crippen LogP contribution in [0.15, 0.2) is 18.2 Å². The largest absolute Gasteiger partial charge is 0.334 e. The molecule has 2 aliphatic heterocycles. The quantitative estimate of drug-likeness (QED) is 0.816. The minimum atomic E-state index is 0.212. The van der Waals surface area contributed by atoms with Crippen molar-refractivity contribution < 1.29 is 4.79 Å². The average molecular weight is 244 g/mol. The van der Waals surface area contributed by atoms with E-state index in [4.69, 9.17) is 0 Å². The number of hydrogen-bond acceptors (Lipinski definition) is 2. The highest BCUT2D eigenvalue weighted by Crippen LogP contribution is 2.29. The molecule has 2 aliphatic rings. The van der Waals surface area contributed by atoms with Crippen molar-refractivity contribution in [1.82, 2.24) is 10.2 Å². The summed E-state index contributed by atoms with van der Waals surface area (Å²) in [5.74, 6) is 0.878. The van der Waals surface area contributed by atoms with E-state index >= 15 is 0 Å². The average Bonchev–Trinajstić information content (AvgIpc) is 2.89. The first-order valence-corrected chi connectivity index (χ1v) is 6.76. The molecule has 0 aromatic heterocycles. The van der Waals surface area contributed by atoms with Gasteiger partial charge in [-0.3, -0.25) is 4.79 Å². The van der Waals surface area contributed by atoms with E-state index in [0.717, 1.165) is 37.2 Å². The molecule has 1 aromatic carbocycles. The van der Waals surface area contributed by atoms with Crippen molar-refractivity contribution in [3.05, 3.63) is 34.9 Å². The van der Waals surface area contributed by atoms with Crippen LogP contribution in [0.25, 0.3) is 0 Å². The van der Waals surface area contributed by atoms with Crippen LogP contribution < -0.4 is 5.32 Å². The fraction of sp³-hybridized carbons (Fsp3) is 0.533. The fourth-order valence-electron chi connectivity index (χ4n) is 3.31. The van der Waals surface area contributed by atoms with Crippen LogP contribution in [0.3, 0.4) is 0 Å². The molecule has 0 aliphatic carbocycles. The zero-order valence-corrected chi connectivity index (χ0v) is 11.1. The van der Waals surface area contributed by atoms with E-state index in [0.29, 0.717) is 12.0 Å². The zero-order valence-electron chi connectivity index (χ0n) is 11.1. The number of carbonyl (C=O) groups is 1. The van der Waals surface area contributed by atoms with Crippen molar-refractivity contribution in [3.8, 4) is 0 Å². The number of aryl methyl sites for hydroxylation is 2. The summed E-state index contributed by atoms with van der Waals surface area (Å²) in [6, 6.07) is 6.51. The molecule has 2 saturated heterocycles. The number of hydrogen-bond donors (Lipinski definition) is 1. The SMILES string of the molecule is Cc1ccc(C(=O)N2CC[C@@H]3CNC[C@@H]32)c(C)c1. The molecule has 2 atom stereocenters. The van der Waals surface area contributed by atoms with Crippen molar-refractivity contribution in [1.29, 1.82) is 0 Å². The first-order chi connectivity index (χ1) is 8.66. The van der Waals surface area contributed by atoms with Gasteiger partial charge in [0, 0.05) is 31.2 Å². The summed E-state index contributed by atoms with van der Waals surface area (Å²) in [6.07, 6.45) is 1.15. The van der Waals surface area contributed by atoms with E-state index in [9.17, 15) is 4.79 Å². The molecule has 1 amide bonds. The molecule has 0 bridgehead atoms. The molecule has 0 spiro atoms. The van der Waals surface area contributed by atoms with Gasteiger partial charge in [0.2, 0.25) is 0 Å². The lowest BCUT2D eigenvalue weighted by atomic mass is 10.0. The molecule has 2 fully saturated rings. The number of amides is 1. The second-order valence-electron chi connectivity index (χ2n) is 5.59. The maximum atomic E-state index is 12.6. The number of carbonyl (C=O) groups excluding carboxylic acids is 1. The van der Waals surface area contributed by atoms with Crippen molar-refractivity contribution in [3.63, 3.8) is 0 Å². The van der Waals surface area contributed by atoms with Crippen LogP contribution in [0.2, 0.25) is 0 Å². The third-order valence-electron chi connectivity index (χ3n) is 4.32. The lowest BCUT2D eigenvalue weighted by Crippen LogP contribution is -2.39. The Balaban J connectivity index is 1.86. The first kappa shape index (κ1) is 11.7. The lowest BCUT2D eigenvalue weighted by Gasteiger charge is -2.24. The van der Waals surface area contributed by atoms with Crippen LogP contribution in [-0.4, -0.2) is 36.5 Å². The minimum Gasteiger partial charge on any atom is -0.334 e. The predicted octanol–water partition coefficient (Wildman–Crippen LogP) is 1.74. The Kier molecular flexibility index (Phi) is 2.86. The Morgan fingerprint density at radius 2 is 2.17 bits per heavy atom. The summed E-state index contributed by atoms with van der Waals surface area (Å²) in [7, 11) is 0. The van der Waals surface area contributed by atoms with Gasteiger partial charge in [0.05, 0.1) is 0 Å². The molecule has 1 N–H and O–H groups in total. The Bertz CT molecular complexity index is 483.